The Balaban J connectivity index is 1.97. The first-order valence-corrected chi connectivity index (χ1v) is 11.5. The Hall–Kier alpha value is -1.20. The quantitative estimate of drug-likeness (QED) is 0.723. The van der Waals surface area contributed by atoms with E-state index in [2.05, 4.69) is 45.0 Å². The summed E-state index contributed by atoms with van der Waals surface area (Å²) >= 11 is 0. The van der Waals surface area contributed by atoms with Gasteiger partial charge in [-0.1, -0.05) is 51.5 Å². The molecule has 0 radical (unpaired) electrons. The average Bonchev–Trinajstić information content (AvgIpc) is 2.60. The summed E-state index contributed by atoms with van der Waals surface area (Å²) in [5.74, 6) is 0.380. The van der Waals surface area contributed by atoms with Crippen LogP contribution in [0.25, 0.3) is 0 Å². The van der Waals surface area contributed by atoms with E-state index in [4.69, 9.17) is 4.74 Å². The van der Waals surface area contributed by atoms with Gasteiger partial charge in [0.2, 0.25) is 0 Å². The standard InChI is InChI=1S/C22H35NO3S/c1-22(2,3)18-12-10-17(11-13-18)16-27(25)20-9-7-6-8-19(20)26-21(24)14-15-23(4)5/h10-13,19-20H,6-9,14-16H2,1-5H3/p+1/t19-,20+,27+/m0/s1. The van der Waals surface area contributed by atoms with Crippen LogP contribution in [0.4, 0.5) is 0 Å². The zero-order valence-electron chi connectivity index (χ0n) is 17.5. The third kappa shape index (κ3) is 7.04. The molecule has 5 heteroatoms. The first-order valence-electron chi connectivity index (χ1n) is 10.1. The molecule has 0 amide bonds. The lowest BCUT2D eigenvalue weighted by Crippen LogP contribution is -3.05. The van der Waals surface area contributed by atoms with Crippen molar-refractivity contribution in [3.63, 3.8) is 0 Å². The minimum atomic E-state index is -1.03. The zero-order chi connectivity index (χ0) is 20.0. The average molecular weight is 395 g/mol. The maximum absolute atomic E-state index is 13.0. The molecule has 27 heavy (non-hydrogen) atoms. The number of benzene rings is 1. The monoisotopic (exact) mass is 394 g/mol. The lowest BCUT2D eigenvalue weighted by Gasteiger charge is -2.30. The minimum Gasteiger partial charge on any atom is -0.461 e. The lowest BCUT2D eigenvalue weighted by atomic mass is 9.87. The van der Waals surface area contributed by atoms with Crippen LogP contribution in [0, 0.1) is 0 Å². The highest BCUT2D eigenvalue weighted by atomic mass is 32.2. The third-order valence-corrected chi connectivity index (χ3v) is 7.05. The van der Waals surface area contributed by atoms with Crippen molar-refractivity contribution in [2.24, 2.45) is 0 Å². The molecule has 0 aliphatic heterocycles. The fraction of sp³-hybridized carbons (Fsp3) is 0.682. The van der Waals surface area contributed by atoms with E-state index < -0.39 is 10.8 Å². The predicted octanol–water partition coefficient (Wildman–Crippen LogP) is 2.62. The van der Waals surface area contributed by atoms with Gasteiger partial charge in [0.15, 0.2) is 0 Å². The molecule has 1 saturated carbocycles. The van der Waals surface area contributed by atoms with Crippen LogP contribution in [-0.2, 0) is 31.5 Å². The first-order chi connectivity index (χ1) is 12.7. The van der Waals surface area contributed by atoms with Gasteiger partial charge in [-0.25, -0.2) is 0 Å². The van der Waals surface area contributed by atoms with Crippen molar-refractivity contribution in [2.75, 3.05) is 20.6 Å². The number of esters is 1. The molecule has 1 N–H and O–H groups in total. The highest BCUT2D eigenvalue weighted by Gasteiger charge is 2.32. The molecule has 0 spiro atoms. The smallest absolute Gasteiger partial charge is 0.311 e. The number of hydrogen-bond acceptors (Lipinski definition) is 3. The maximum Gasteiger partial charge on any atom is 0.311 e. The summed E-state index contributed by atoms with van der Waals surface area (Å²) in [4.78, 5) is 13.4. The summed E-state index contributed by atoms with van der Waals surface area (Å²) in [6, 6.07) is 8.44. The van der Waals surface area contributed by atoms with Gasteiger partial charge in [-0.05, 0) is 35.8 Å². The number of carbonyl (C=O) groups is 1. The second-order valence-electron chi connectivity index (χ2n) is 9.03. The zero-order valence-corrected chi connectivity index (χ0v) is 18.4. The Morgan fingerprint density at radius 1 is 1.15 bits per heavy atom. The molecule has 2 rings (SSSR count). The van der Waals surface area contributed by atoms with Gasteiger partial charge >= 0.3 is 5.97 Å². The van der Waals surface area contributed by atoms with Crippen LogP contribution in [0.15, 0.2) is 24.3 Å². The molecule has 1 aromatic rings. The van der Waals surface area contributed by atoms with E-state index in [9.17, 15) is 9.00 Å². The molecule has 1 aliphatic rings. The number of quaternary nitrogens is 1. The normalized spacial score (nSPS) is 21.9. The number of rotatable bonds is 7. The Bertz CT molecular complexity index is 634. The number of carbonyl (C=O) groups excluding carboxylic acids is 1. The van der Waals surface area contributed by atoms with E-state index >= 15 is 0 Å². The molecule has 0 saturated heterocycles. The summed E-state index contributed by atoms with van der Waals surface area (Å²) in [7, 11) is 3.02. The largest absolute Gasteiger partial charge is 0.461 e. The molecule has 0 unspecified atom stereocenters. The number of nitrogens with one attached hydrogen (secondary N) is 1. The Morgan fingerprint density at radius 3 is 2.37 bits per heavy atom. The fourth-order valence-corrected chi connectivity index (χ4v) is 5.15. The van der Waals surface area contributed by atoms with Crippen molar-refractivity contribution < 1.29 is 18.6 Å². The van der Waals surface area contributed by atoms with Crippen molar-refractivity contribution in [1.82, 2.24) is 0 Å². The van der Waals surface area contributed by atoms with Gasteiger partial charge in [0, 0.05) is 16.6 Å². The van der Waals surface area contributed by atoms with Crippen LogP contribution < -0.4 is 4.90 Å². The molecule has 4 nitrogen and oxygen atoms in total. The van der Waals surface area contributed by atoms with Crippen molar-refractivity contribution in [2.45, 2.75) is 75.4 Å². The van der Waals surface area contributed by atoms with Crippen LogP contribution in [0.3, 0.4) is 0 Å². The van der Waals surface area contributed by atoms with Crippen molar-refractivity contribution >= 4 is 16.8 Å². The summed E-state index contributed by atoms with van der Waals surface area (Å²) in [6.07, 6.45) is 4.05. The maximum atomic E-state index is 13.0. The van der Waals surface area contributed by atoms with Gasteiger partial charge in [-0.15, -0.1) is 0 Å². The van der Waals surface area contributed by atoms with Gasteiger partial charge in [-0.2, -0.15) is 0 Å². The molecule has 0 aromatic heterocycles. The summed E-state index contributed by atoms with van der Waals surface area (Å²) in [5, 5.41) is -0.0447. The van der Waals surface area contributed by atoms with Crippen molar-refractivity contribution in [3.8, 4) is 0 Å². The van der Waals surface area contributed by atoms with E-state index in [1.165, 1.54) is 10.5 Å². The molecule has 152 valence electrons. The van der Waals surface area contributed by atoms with Crippen LogP contribution in [0.5, 0.6) is 0 Å². The second kappa shape index (κ2) is 9.83. The predicted molar refractivity (Wildman–Crippen MR) is 111 cm³/mol. The van der Waals surface area contributed by atoms with Crippen LogP contribution in [0.1, 0.15) is 64.0 Å². The molecular weight excluding hydrogens is 358 g/mol. The van der Waals surface area contributed by atoms with Crippen molar-refractivity contribution in [3.05, 3.63) is 35.4 Å². The molecule has 1 aliphatic carbocycles. The minimum absolute atomic E-state index is 0.0447. The Labute approximate surface area is 167 Å². The molecule has 1 aromatic carbocycles. The Kier molecular flexibility index (Phi) is 8.04. The van der Waals surface area contributed by atoms with E-state index in [1.54, 1.807) is 0 Å². The van der Waals surface area contributed by atoms with Gasteiger partial charge in [-0.3, -0.25) is 9.00 Å². The van der Waals surface area contributed by atoms with Gasteiger partial charge in [0.05, 0.1) is 32.3 Å². The molecule has 3 atom stereocenters. The molecule has 0 heterocycles. The fourth-order valence-electron chi connectivity index (χ4n) is 3.45. The summed E-state index contributed by atoms with van der Waals surface area (Å²) in [6.45, 7) is 7.34. The summed E-state index contributed by atoms with van der Waals surface area (Å²) in [5.41, 5.74) is 2.49. The van der Waals surface area contributed by atoms with Gasteiger partial charge in [0.1, 0.15) is 6.10 Å². The van der Waals surface area contributed by atoms with Gasteiger partial charge in [0.25, 0.3) is 0 Å². The van der Waals surface area contributed by atoms with Crippen LogP contribution in [0.2, 0.25) is 0 Å². The second-order valence-corrected chi connectivity index (χ2v) is 10.7. The van der Waals surface area contributed by atoms with Crippen LogP contribution in [-0.4, -0.2) is 42.2 Å². The lowest BCUT2D eigenvalue weighted by molar-refractivity contribution is -0.857. The van der Waals surface area contributed by atoms with Crippen molar-refractivity contribution in [1.29, 1.82) is 0 Å². The summed E-state index contributed by atoms with van der Waals surface area (Å²) < 4.78 is 18.8. The third-order valence-electron chi connectivity index (χ3n) is 5.22. The number of ether oxygens (including phenoxy) is 1. The van der Waals surface area contributed by atoms with Crippen LogP contribution >= 0.6 is 0 Å². The van der Waals surface area contributed by atoms with E-state index in [0.717, 1.165) is 37.8 Å². The number of hydrogen-bond donors (Lipinski definition) is 1. The SMILES string of the molecule is C[NH+](C)CCC(=O)O[C@H]1CCCC[C@H]1[S@](=O)Cc1ccc(C(C)(C)C)cc1. The van der Waals surface area contributed by atoms with E-state index in [1.807, 2.05) is 14.1 Å². The van der Waals surface area contributed by atoms with E-state index in [0.29, 0.717) is 12.2 Å². The van der Waals surface area contributed by atoms with Gasteiger partial charge < -0.3 is 9.64 Å². The topological polar surface area (TPSA) is 47.8 Å². The molecular formula is C22H36NO3S+. The highest BCUT2D eigenvalue weighted by Crippen LogP contribution is 2.28. The highest BCUT2D eigenvalue weighted by molar-refractivity contribution is 7.84. The molecule has 1 fully saturated rings. The Morgan fingerprint density at radius 2 is 1.78 bits per heavy atom. The molecule has 0 bridgehead atoms. The first kappa shape index (κ1) is 22.1. The van der Waals surface area contributed by atoms with E-state index in [-0.39, 0.29) is 22.7 Å².